The molecule has 0 fully saturated rings. The van der Waals surface area contributed by atoms with Crippen molar-refractivity contribution in [1.29, 1.82) is 0 Å². The van der Waals surface area contributed by atoms with Crippen molar-refractivity contribution in [3.05, 3.63) is 50.8 Å². The Labute approximate surface area is 112 Å². The quantitative estimate of drug-likeness (QED) is 0.688. The third-order valence-electron chi connectivity index (χ3n) is 2.50. The van der Waals surface area contributed by atoms with E-state index >= 15 is 0 Å². The maximum atomic E-state index is 11.0. The maximum absolute atomic E-state index is 11.0. The van der Waals surface area contributed by atoms with E-state index in [1.807, 2.05) is 0 Å². The van der Waals surface area contributed by atoms with Gasteiger partial charge in [0.1, 0.15) is 5.69 Å². The highest BCUT2D eigenvalue weighted by atomic mass is 35.5. The predicted octanol–water partition coefficient (Wildman–Crippen LogP) is 2.44. The average Bonchev–Trinajstić information content (AvgIpc) is 2.68. The number of halogens is 1. The summed E-state index contributed by atoms with van der Waals surface area (Å²) >= 11 is 5.85. The Kier molecular flexibility index (Phi) is 3.22. The summed E-state index contributed by atoms with van der Waals surface area (Å²) in [4.78, 5) is 21.2. The normalized spacial score (nSPS) is 10.4. The lowest BCUT2D eigenvalue weighted by Gasteiger charge is -2.03. The zero-order valence-electron chi connectivity index (χ0n) is 9.70. The van der Waals surface area contributed by atoms with Gasteiger partial charge in [-0.15, -0.1) is 0 Å². The highest BCUT2D eigenvalue weighted by Crippen LogP contribution is 2.26. The van der Waals surface area contributed by atoms with Crippen LogP contribution in [0.5, 0.6) is 0 Å². The molecule has 0 radical (unpaired) electrons. The second-order valence-electron chi connectivity index (χ2n) is 3.77. The Balaban J connectivity index is 2.63. The summed E-state index contributed by atoms with van der Waals surface area (Å²) in [6, 6.07) is 3.59. The number of nitro benzene ring substituents is 1. The van der Waals surface area contributed by atoms with Crippen LogP contribution >= 0.6 is 11.6 Å². The number of benzene rings is 1. The maximum Gasteiger partial charge on any atom is 0.335 e. The number of aromatic carboxylic acids is 1. The van der Waals surface area contributed by atoms with E-state index in [2.05, 4.69) is 5.10 Å². The van der Waals surface area contributed by atoms with Crippen LogP contribution < -0.4 is 0 Å². The van der Waals surface area contributed by atoms with Crippen molar-refractivity contribution in [2.45, 2.75) is 6.92 Å². The SMILES string of the molecule is Cc1nn(-c2ccc(C(=O)O)cc2[N+](=O)[O-])cc1Cl. The monoisotopic (exact) mass is 281 g/mol. The van der Waals surface area contributed by atoms with Gasteiger partial charge >= 0.3 is 5.97 Å². The molecule has 0 bridgehead atoms. The first-order valence-electron chi connectivity index (χ1n) is 5.14. The van der Waals surface area contributed by atoms with Gasteiger partial charge in [0, 0.05) is 12.3 Å². The topological polar surface area (TPSA) is 98.3 Å². The van der Waals surface area contributed by atoms with E-state index < -0.39 is 10.9 Å². The zero-order chi connectivity index (χ0) is 14.2. The average molecular weight is 282 g/mol. The Morgan fingerprint density at radius 1 is 1.53 bits per heavy atom. The number of hydrogen-bond acceptors (Lipinski definition) is 4. The van der Waals surface area contributed by atoms with E-state index in [0.717, 1.165) is 6.07 Å². The standard InChI is InChI=1S/C11H8ClN3O4/c1-6-8(12)5-14(13-6)9-3-2-7(11(16)17)4-10(9)15(18)19/h2-5H,1H3,(H,16,17). The van der Waals surface area contributed by atoms with Crippen LogP contribution in [0.4, 0.5) is 5.69 Å². The van der Waals surface area contributed by atoms with Gasteiger partial charge in [0.05, 0.1) is 21.2 Å². The van der Waals surface area contributed by atoms with Crippen molar-refractivity contribution in [1.82, 2.24) is 9.78 Å². The fourth-order valence-corrected chi connectivity index (χ4v) is 1.69. The minimum atomic E-state index is -1.23. The first-order valence-corrected chi connectivity index (χ1v) is 5.52. The summed E-state index contributed by atoms with van der Waals surface area (Å²) < 4.78 is 1.25. The molecular weight excluding hydrogens is 274 g/mol. The molecule has 2 rings (SSSR count). The number of rotatable bonds is 3. The van der Waals surface area contributed by atoms with Crippen LogP contribution in [0.1, 0.15) is 16.1 Å². The minimum Gasteiger partial charge on any atom is -0.478 e. The molecule has 0 aliphatic rings. The number of nitrogens with zero attached hydrogens (tertiary/aromatic N) is 3. The van der Waals surface area contributed by atoms with E-state index in [0.29, 0.717) is 10.7 Å². The lowest BCUT2D eigenvalue weighted by molar-refractivity contribution is -0.384. The third-order valence-corrected chi connectivity index (χ3v) is 2.88. The first kappa shape index (κ1) is 13.0. The van der Waals surface area contributed by atoms with Gasteiger partial charge in [0.2, 0.25) is 0 Å². The summed E-state index contributed by atoms with van der Waals surface area (Å²) in [6.45, 7) is 1.66. The molecule has 0 spiro atoms. The van der Waals surface area contributed by atoms with Gasteiger partial charge in [-0.1, -0.05) is 11.6 Å². The largest absolute Gasteiger partial charge is 0.478 e. The van der Waals surface area contributed by atoms with Gasteiger partial charge in [-0.3, -0.25) is 10.1 Å². The summed E-state index contributed by atoms with van der Waals surface area (Å²) in [5.41, 5.74) is 0.174. The lowest BCUT2D eigenvalue weighted by Crippen LogP contribution is -2.04. The molecule has 0 atom stereocenters. The van der Waals surface area contributed by atoms with Gasteiger partial charge in [-0.2, -0.15) is 5.10 Å². The first-order chi connectivity index (χ1) is 8.90. The predicted molar refractivity (Wildman–Crippen MR) is 66.9 cm³/mol. The molecule has 2 aromatic rings. The molecule has 1 aromatic heterocycles. The van der Waals surface area contributed by atoms with Crippen LogP contribution in [0.25, 0.3) is 5.69 Å². The molecule has 0 saturated heterocycles. The third kappa shape index (κ3) is 2.41. The zero-order valence-corrected chi connectivity index (χ0v) is 10.5. The smallest absolute Gasteiger partial charge is 0.335 e. The van der Waals surface area contributed by atoms with E-state index in [4.69, 9.17) is 16.7 Å². The van der Waals surface area contributed by atoms with Crippen LogP contribution in [0.2, 0.25) is 5.02 Å². The molecule has 0 aliphatic heterocycles. The summed E-state index contributed by atoms with van der Waals surface area (Å²) in [5, 5.41) is 24.2. The van der Waals surface area contributed by atoms with E-state index in [1.165, 1.54) is 23.0 Å². The van der Waals surface area contributed by atoms with Gasteiger partial charge in [0.15, 0.2) is 0 Å². The van der Waals surface area contributed by atoms with Crippen LogP contribution in [0.3, 0.4) is 0 Å². The number of carboxylic acids is 1. The van der Waals surface area contributed by atoms with Crippen LogP contribution in [0.15, 0.2) is 24.4 Å². The number of aryl methyl sites for hydroxylation is 1. The molecule has 7 nitrogen and oxygen atoms in total. The van der Waals surface area contributed by atoms with Gasteiger partial charge in [-0.25, -0.2) is 9.48 Å². The van der Waals surface area contributed by atoms with E-state index in [1.54, 1.807) is 6.92 Å². The fourth-order valence-electron chi connectivity index (χ4n) is 1.56. The van der Waals surface area contributed by atoms with Crippen molar-refractivity contribution in [3.8, 4) is 5.69 Å². The van der Waals surface area contributed by atoms with E-state index in [9.17, 15) is 14.9 Å². The second-order valence-corrected chi connectivity index (χ2v) is 4.18. The molecular formula is C11H8ClN3O4. The molecule has 1 aromatic carbocycles. The molecule has 0 aliphatic carbocycles. The number of carbonyl (C=O) groups is 1. The highest BCUT2D eigenvalue weighted by Gasteiger charge is 2.19. The second kappa shape index (κ2) is 4.69. The van der Waals surface area contributed by atoms with Crippen molar-refractivity contribution < 1.29 is 14.8 Å². The van der Waals surface area contributed by atoms with Gasteiger partial charge < -0.3 is 5.11 Å². The van der Waals surface area contributed by atoms with Crippen LogP contribution in [-0.4, -0.2) is 25.8 Å². The molecule has 0 unspecified atom stereocenters. The Morgan fingerprint density at radius 3 is 2.68 bits per heavy atom. The van der Waals surface area contributed by atoms with Crippen molar-refractivity contribution in [2.24, 2.45) is 0 Å². The number of carboxylic acid groups (broad SMARTS) is 1. The Hall–Kier alpha value is -2.41. The number of hydrogen-bond donors (Lipinski definition) is 1. The molecule has 19 heavy (non-hydrogen) atoms. The number of aromatic nitrogens is 2. The molecule has 0 saturated carbocycles. The van der Waals surface area contributed by atoms with Gasteiger partial charge in [-0.05, 0) is 19.1 Å². The summed E-state index contributed by atoms with van der Waals surface area (Å²) in [5.74, 6) is -1.23. The molecule has 1 heterocycles. The van der Waals surface area contributed by atoms with Crippen molar-refractivity contribution in [2.75, 3.05) is 0 Å². The molecule has 1 N–H and O–H groups in total. The van der Waals surface area contributed by atoms with Gasteiger partial charge in [0.25, 0.3) is 5.69 Å². The van der Waals surface area contributed by atoms with Crippen LogP contribution in [-0.2, 0) is 0 Å². The molecule has 98 valence electrons. The fraction of sp³-hybridized carbons (Fsp3) is 0.0909. The lowest BCUT2D eigenvalue weighted by atomic mass is 10.2. The Bertz CT molecular complexity index is 661. The minimum absolute atomic E-state index is 0.157. The van der Waals surface area contributed by atoms with Crippen molar-refractivity contribution >= 4 is 23.3 Å². The molecule has 8 heteroatoms. The summed E-state index contributed by atoms with van der Waals surface area (Å²) in [7, 11) is 0. The summed E-state index contributed by atoms with van der Waals surface area (Å²) in [6.07, 6.45) is 1.43. The highest BCUT2D eigenvalue weighted by molar-refractivity contribution is 6.31. The van der Waals surface area contributed by atoms with E-state index in [-0.39, 0.29) is 16.9 Å². The van der Waals surface area contributed by atoms with Crippen LogP contribution in [0, 0.1) is 17.0 Å². The molecule has 0 amide bonds. The van der Waals surface area contributed by atoms with Crippen molar-refractivity contribution in [3.63, 3.8) is 0 Å². The number of nitro groups is 1. The Morgan fingerprint density at radius 2 is 2.21 bits per heavy atom.